The van der Waals surface area contributed by atoms with Crippen LogP contribution in [0.15, 0.2) is 48.5 Å². The molecule has 2 aromatic rings. The molecule has 0 bridgehead atoms. The minimum absolute atomic E-state index is 0.114. The zero-order valence-corrected chi connectivity index (χ0v) is 15.1. The van der Waals surface area contributed by atoms with Gasteiger partial charge < -0.3 is 4.90 Å². The summed E-state index contributed by atoms with van der Waals surface area (Å²) in [6.07, 6.45) is 0.878. The van der Waals surface area contributed by atoms with Gasteiger partial charge in [-0.1, -0.05) is 41.9 Å². The van der Waals surface area contributed by atoms with Gasteiger partial charge in [0.15, 0.2) is 0 Å². The summed E-state index contributed by atoms with van der Waals surface area (Å²) in [6, 6.07) is 14.2. The minimum Gasteiger partial charge on any atom is -0.337 e. The predicted octanol–water partition coefficient (Wildman–Crippen LogP) is 3.60. The molecule has 1 fully saturated rings. The smallest absolute Gasteiger partial charge is 0.270 e. The van der Waals surface area contributed by atoms with E-state index in [1.54, 1.807) is 4.90 Å². The number of non-ortho nitro benzene ring substituents is 1. The minimum atomic E-state index is -0.520. The van der Waals surface area contributed by atoms with Crippen molar-refractivity contribution in [3.8, 4) is 0 Å². The lowest BCUT2D eigenvalue weighted by Gasteiger charge is -2.22. The van der Waals surface area contributed by atoms with Crippen molar-refractivity contribution in [3.63, 3.8) is 0 Å². The molecule has 1 heterocycles. The average molecular weight is 374 g/mol. The first-order valence-corrected chi connectivity index (χ1v) is 8.92. The number of benzene rings is 2. The molecule has 26 heavy (non-hydrogen) atoms. The summed E-state index contributed by atoms with van der Waals surface area (Å²) >= 11 is 6.10. The Morgan fingerprint density at radius 1 is 1.08 bits per heavy atom. The Kier molecular flexibility index (Phi) is 5.85. The molecule has 0 aliphatic carbocycles. The Hall–Kier alpha value is -2.44. The quantitative estimate of drug-likeness (QED) is 0.606. The Labute approximate surface area is 157 Å². The van der Waals surface area contributed by atoms with E-state index < -0.39 is 4.92 Å². The summed E-state index contributed by atoms with van der Waals surface area (Å²) in [6.45, 7) is 3.83. The lowest BCUT2D eigenvalue weighted by Crippen LogP contribution is -2.35. The van der Waals surface area contributed by atoms with Crippen molar-refractivity contribution >= 4 is 23.2 Å². The van der Waals surface area contributed by atoms with Gasteiger partial charge in [0.2, 0.25) is 0 Å². The summed E-state index contributed by atoms with van der Waals surface area (Å²) in [5.41, 5.74) is 1.45. The monoisotopic (exact) mass is 373 g/mol. The van der Waals surface area contributed by atoms with E-state index in [9.17, 15) is 14.9 Å². The van der Waals surface area contributed by atoms with E-state index in [2.05, 4.69) is 17.0 Å². The molecule has 1 aliphatic rings. The average Bonchev–Trinajstić information content (AvgIpc) is 2.87. The zero-order chi connectivity index (χ0) is 18.5. The van der Waals surface area contributed by atoms with Gasteiger partial charge in [-0.05, 0) is 18.1 Å². The van der Waals surface area contributed by atoms with E-state index in [0.717, 1.165) is 26.1 Å². The first kappa shape index (κ1) is 18.4. The zero-order valence-electron chi connectivity index (χ0n) is 14.3. The fraction of sp³-hybridized carbons (Fsp3) is 0.316. The van der Waals surface area contributed by atoms with Crippen LogP contribution in [-0.4, -0.2) is 46.8 Å². The van der Waals surface area contributed by atoms with Gasteiger partial charge in [-0.15, -0.1) is 0 Å². The lowest BCUT2D eigenvalue weighted by atomic mass is 10.1. The number of carbonyl (C=O) groups is 1. The number of rotatable bonds is 4. The third-order valence-electron chi connectivity index (χ3n) is 4.52. The van der Waals surface area contributed by atoms with Crippen molar-refractivity contribution < 1.29 is 9.72 Å². The van der Waals surface area contributed by atoms with Crippen molar-refractivity contribution in [1.29, 1.82) is 0 Å². The molecule has 0 N–H and O–H groups in total. The molecule has 0 unspecified atom stereocenters. The number of nitro groups is 1. The van der Waals surface area contributed by atoms with Gasteiger partial charge in [-0.2, -0.15) is 0 Å². The highest BCUT2D eigenvalue weighted by molar-refractivity contribution is 6.34. The Balaban J connectivity index is 1.65. The first-order chi connectivity index (χ1) is 12.5. The van der Waals surface area contributed by atoms with Gasteiger partial charge >= 0.3 is 0 Å². The molecule has 0 aromatic heterocycles. The predicted molar refractivity (Wildman–Crippen MR) is 100 cm³/mol. The molecule has 3 rings (SSSR count). The fourth-order valence-corrected chi connectivity index (χ4v) is 3.39. The largest absolute Gasteiger partial charge is 0.337 e. The van der Waals surface area contributed by atoms with Crippen LogP contribution in [0.5, 0.6) is 0 Å². The molecule has 136 valence electrons. The van der Waals surface area contributed by atoms with Crippen LogP contribution in [0.25, 0.3) is 0 Å². The topological polar surface area (TPSA) is 66.7 Å². The number of hydrogen-bond donors (Lipinski definition) is 0. The Morgan fingerprint density at radius 2 is 1.85 bits per heavy atom. The molecule has 7 heteroatoms. The molecule has 6 nitrogen and oxygen atoms in total. The molecule has 0 spiro atoms. The molecule has 0 saturated carbocycles. The summed E-state index contributed by atoms with van der Waals surface area (Å²) < 4.78 is 0. The van der Waals surface area contributed by atoms with Gasteiger partial charge in [0.1, 0.15) is 0 Å². The van der Waals surface area contributed by atoms with Crippen LogP contribution in [0.3, 0.4) is 0 Å². The van der Waals surface area contributed by atoms with Crippen molar-refractivity contribution in [2.24, 2.45) is 0 Å². The van der Waals surface area contributed by atoms with E-state index in [1.807, 2.05) is 18.2 Å². The van der Waals surface area contributed by atoms with Gasteiger partial charge in [0, 0.05) is 44.9 Å². The van der Waals surface area contributed by atoms with Crippen molar-refractivity contribution in [3.05, 3.63) is 74.8 Å². The number of carbonyl (C=O) groups excluding carboxylic acids is 1. The third kappa shape index (κ3) is 4.39. The molecular formula is C19H20ClN3O3. The van der Waals surface area contributed by atoms with Gasteiger partial charge in [0.05, 0.1) is 15.5 Å². The van der Waals surface area contributed by atoms with Crippen LogP contribution in [-0.2, 0) is 6.54 Å². The van der Waals surface area contributed by atoms with E-state index in [0.29, 0.717) is 18.7 Å². The van der Waals surface area contributed by atoms with Crippen LogP contribution >= 0.6 is 11.6 Å². The second-order valence-corrected chi connectivity index (χ2v) is 6.74. The number of nitro benzene ring substituents is 1. The number of amides is 1. The molecule has 0 radical (unpaired) electrons. The number of nitrogens with zero attached hydrogens (tertiary/aromatic N) is 3. The molecule has 2 aromatic carbocycles. The van der Waals surface area contributed by atoms with E-state index in [-0.39, 0.29) is 16.6 Å². The maximum Gasteiger partial charge on any atom is 0.270 e. The highest BCUT2D eigenvalue weighted by Gasteiger charge is 2.23. The van der Waals surface area contributed by atoms with Gasteiger partial charge in [0.25, 0.3) is 11.6 Å². The maximum absolute atomic E-state index is 12.8. The Bertz CT molecular complexity index is 798. The number of halogens is 1. The van der Waals surface area contributed by atoms with Crippen molar-refractivity contribution in [2.45, 2.75) is 13.0 Å². The normalized spacial score (nSPS) is 15.5. The summed E-state index contributed by atoms with van der Waals surface area (Å²) in [7, 11) is 0. The summed E-state index contributed by atoms with van der Waals surface area (Å²) in [5, 5.41) is 10.9. The third-order valence-corrected chi connectivity index (χ3v) is 4.83. The first-order valence-electron chi connectivity index (χ1n) is 8.54. The molecule has 1 aliphatic heterocycles. The van der Waals surface area contributed by atoms with Gasteiger partial charge in [-0.3, -0.25) is 19.8 Å². The summed E-state index contributed by atoms with van der Waals surface area (Å²) in [4.78, 5) is 27.2. The molecule has 0 atom stereocenters. The maximum atomic E-state index is 12.8. The summed E-state index contributed by atoms with van der Waals surface area (Å²) in [5.74, 6) is -0.175. The lowest BCUT2D eigenvalue weighted by molar-refractivity contribution is -0.384. The van der Waals surface area contributed by atoms with Crippen molar-refractivity contribution in [2.75, 3.05) is 26.2 Å². The van der Waals surface area contributed by atoms with Crippen LogP contribution in [0.1, 0.15) is 22.3 Å². The van der Waals surface area contributed by atoms with Crippen LogP contribution in [0.2, 0.25) is 5.02 Å². The van der Waals surface area contributed by atoms with Gasteiger partial charge in [-0.25, -0.2) is 0 Å². The second kappa shape index (κ2) is 8.29. The standard InChI is InChI=1S/C19H20ClN3O3/c20-18-13-16(23(25)26)7-8-17(18)19(24)22-10-4-9-21(11-12-22)14-15-5-2-1-3-6-15/h1-3,5-8,13H,4,9-12,14H2. The van der Waals surface area contributed by atoms with E-state index in [1.165, 1.54) is 23.8 Å². The highest BCUT2D eigenvalue weighted by atomic mass is 35.5. The Morgan fingerprint density at radius 3 is 2.54 bits per heavy atom. The van der Waals surface area contributed by atoms with E-state index in [4.69, 9.17) is 11.6 Å². The molecule has 1 amide bonds. The SMILES string of the molecule is O=C(c1ccc([N+](=O)[O-])cc1Cl)N1CCCN(Cc2ccccc2)CC1. The second-order valence-electron chi connectivity index (χ2n) is 6.33. The number of hydrogen-bond acceptors (Lipinski definition) is 4. The molecule has 1 saturated heterocycles. The van der Waals surface area contributed by atoms with Crippen LogP contribution in [0, 0.1) is 10.1 Å². The fourth-order valence-electron chi connectivity index (χ4n) is 3.14. The highest BCUT2D eigenvalue weighted by Crippen LogP contribution is 2.24. The van der Waals surface area contributed by atoms with Crippen LogP contribution < -0.4 is 0 Å². The molecular weight excluding hydrogens is 354 g/mol. The van der Waals surface area contributed by atoms with Crippen molar-refractivity contribution in [1.82, 2.24) is 9.80 Å². The van der Waals surface area contributed by atoms with Crippen LogP contribution in [0.4, 0.5) is 5.69 Å². The van der Waals surface area contributed by atoms with E-state index >= 15 is 0 Å².